The van der Waals surface area contributed by atoms with E-state index in [-0.39, 0.29) is 5.91 Å². The first-order chi connectivity index (χ1) is 17.7. The number of imidazole rings is 1. The van der Waals surface area contributed by atoms with Crippen molar-refractivity contribution in [2.45, 2.75) is 31.7 Å². The van der Waals surface area contributed by atoms with Gasteiger partial charge in [-0.3, -0.25) is 9.48 Å². The summed E-state index contributed by atoms with van der Waals surface area (Å²) in [6.45, 7) is 5.75. The molecule has 10 nitrogen and oxygen atoms in total. The summed E-state index contributed by atoms with van der Waals surface area (Å²) in [4.78, 5) is 20.1. The molecule has 3 aromatic heterocycles. The van der Waals surface area contributed by atoms with Gasteiger partial charge in [-0.1, -0.05) is 0 Å². The molecule has 1 saturated carbocycles. The molecular weight excluding hydrogens is 456 g/mol. The number of nitrogens with zero attached hydrogens (tertiary/aromatic N) is 6. The zero-order valence-electron chi connectivity index (χ0n) is 20.6. The molecule has 1 saturated heterocycles. The van der Waals surface area contributed by atoms with Crippen LogP contribution in [0.3, 0.4) is 0 Å². The van der Waals surface area contributed by atoms with Crippen LogP contribution in [0.1, 0.15) is 42.1 Å². The van der Waals surface area contributed by atoms with Gasteiger partial charge in [0.05, 0.1) is 30.4 Å². The molecule has 4 heterocycles. The zero-order chi connectivity index (χ0) is 24.5. The number of amides is 1. The van der Waals surface area contributed by atoms with Gasteiger partial charge in [0.15, 0.2) is 11.5 Å². The van der Waals surface area contributed by atoms with Crippen molar-refractivity contribution >= 4 is 28.3 Å². The quantitative estimate of drug-likeness (QED) is 0.430. The number of rotatable bonds is 6. The Balaban J connectivity index is 1.17. The van der Waals surface area contributed by atoms with E-state index >= 15 is 0 Å². The SMILES string of the molecule is COc1cc2nn(C3CCC(CN4CCNCC4)CC3)cc2cc1C(=O)Nc1cnc2cccnn12. The predicted octanol–water partition coefficient (Wildman–Crippen LogP) is 2.98. The van der Waals surface area contributed by atoms with E-state index in [0.29, 0.717) is 28.8 Å². The monoisotopic (exact) mass is 488 g/mol. The van der Waals surface area contributed by atoms with Crippen LogP contribution in [0.2, 0.25) is 0 Å². The first kappa shape index (κ1) is 22.9. The summed E-state index contributed by atoms with van der Waals surface area (Å²) in [6, 6.07) is 7.75. The Labute approximate surface area is 209 Å². The fourth-order valence-corrected chi connectivity index (χ4v) is 5.55. The number of ether oxygens (including phenoxy) is 1. The smallest absolute Gasteiger partial charge is 0.260 e. The van der Waals surface area contributed by atoms with Crippen molar-refractivity contribution in [2.24, 2.45) is 5.92 Å². The second-order valence-electron chi connectivity index (χ2n) is 9.84. The fraction of sp³-hybridized carbons (Fsp3) is 0.462. The molecule has 1 aliphatic carbocycles. The lowest BCUT2D eigenvalue weighted by molar-refractivity contribution is 0.102. The van der Waals surface area contributed by atoms with Gasteiger partial charge in [0.25, 0.3) is 5.91 Å². The van der Waals surface area contributed by atoms with E-state index in [1.165, 1.54) is 19.4 Å². The summed E-state index contributed by atoms with van der Waals surface area (Å²) in [5.74, 6) is 1.49. The molecule has 0 bridgehead atoms. The van der Waals surface area contributed by atoms with Gasteiger partial charge < -0.3 is 20.3 Å². The van der Waals surface area contributed by atoms with Crippen LogP contribution in [0.25, 0.3) is 16.6 Å². The normalized spacial score (nSPS) is 21.1. The number of hydrogen-bond donors (Lipinski definition) is 2. The maximum atomic E-state index is 13.2. The molecule has 2 N–H and O–H groups in total. The molecule has 36 heavy (non-hydrogen) atoms. The van der Waals surface area contributed by atoms with Crippen LogP contribution in [0.5, 0.6) is 5.75 Å². The van der Waals surface area contributed by atoms with Crippen LogP contribution in [0.4, 0.5) is 5.82 Å². The molecule has 188 valence electrons. The number of aromatic nitrogens is 5. The van der Waals surface area contributed by atoms with Crippen molar-refractivity contribution in [3.63, 3.8) is 0 Å². The van der Waals surface area contributed by atoms with Crippen molar-refractivity contribution in [1.29, 1.82) is 0 Å². The number of benzene rings is 1. The summed E-state index contributed by atoms with van der Waals surface area (Å²) in [7, 11) is 1.57. The average Bonchev–Trinajstić information content (AvgIpc) is 3.53. The van der Waals surface area contributed by atoms with Crippen LogP contribution in [0.15, 0.2) is 42.9 Å². The number of carbonyl (C=O) groups is 1. The number of carbonyl (C=O) groups excluding carboxylic acids is 1. The first-order valence-electron chi connectivity index (χ1n) is 12.8. The molecule has 2 aliphatic rings. The second kappa shape index (κ2) is 9.87. The third-order valence-corrected chi connectivity index (χ3v) is 7.52. The molecule has 10 heteroatoms. The van der Waals surface area contributed by atoms with Gasteiger partial charge in [0.1, 0.15) is 5.75 Å². The minimum Gasteiger partial charge on any atom is -0.496 e. The van der Waals surface area contributed by atoms with Crippen molar-refractivity contribution in [3.05, 3.63) is 48.4 Å². The van der Waals surface area contributed by atoms with Crippen LogP contribution in [-0.2, 0) is 0 Å². The molecule has 1 amide bonds. The van der Waals surface area contributed by atoms with Crippen LogP contribution >= 0.6 is 0 Å². The standard InChI is InChI=1S/C26H32N8O2/c1-36-23-14-22-19(13-21(23)26(35)30-25-15-28-24-3-2-8-29-34(24)25)17-33(31-22)20-6-4-18(5-7-20)16-32-11-9-27-10-12-32/h2-3,8,13-15,17-18,20,27H,4-7,9-12,16H2,1H3,(H,30,35). The van der Waals surface area contributed by atoms with Gasteiger partial charge in [0, 0.05) is 56.6 Å². The molecule has 4 aromatic rings. The van der Waals surface area contributed by atoms with Crippen molar-refractivity contribution in [2.75, 3.05) is 45.2 Å². The fourth-order valence-electron chi connectivity index (χ4n) is 5.55. The molecular formula is C26H32N8O2. The van der Waals surface area contributed by atoms with Gasteiger partial charge in [0.2, 0.25) is 0 Å². The maximum absolute atomic E-state index is 13.2. The molecule has 2 fully saturated rings. The molecule has 1 aromatic carbocycles. The Morgan fingerprint density at radius 1 is 1.19 bits per heavy atom. The summed E-state index contributed by atoms with van der Waals surface area (Å²) in [6.07, 6.45) is 10.1. The largest absolute Gasteiger partial charge is 0.496 e. The number of methoxy groups -OCH3 is 1. The van der Waals surface area contributed by atoms with Gasteiger partial charge in [-0.05, 0) is 49.8 Å². The highest BCUT2D eigenvalue weighted by Gasteiger charge is 2.26. The highest BCUT2D eigenvalue weighted by Crippen LogP contribution is 2.34. The van der Waals surface area contributed by atoms with Gasteiger partial charge in [-0.2, -0.15) is 14.7 Å². The van der Waals surface area contributed by atoms with Crippen molar-refractivity contribution in [1.82, 2.24) is 34.6 Å². The summed E-state index contributed by atoms with van der Waals surface area (Å²) in [5.41, 5.74) is 1.96. The molecule has 6 rings (SSSR count). The van der Waals surface area contributed by atoms with Gasteiger partial charge in [-0.25, -0.2) is 4.98 Å². The average molecular weight is 489 g/mol. The van der Waals surface area contributed by atoms with E-state index in [1.54, 1.807) is 30.1 Å². The Morgan fingerprint density at radius 2 is 2.03 bits per heavy atom. The Morgan fingerprint density at radius 3 is 2.83 bits per heavy atom. The van der Waals surface area contributed by atoms with Gasteiger partial charge >= 0.3 is 0 Å². The summed E-state index contributed by atoms with van der Waals surface area (Å²) >= 11 is 0. The molecule has 0 radical (unpaired) electrons. The third-order valence-electron chi connectivity index (χ3n) is 7.52. The topological polar surface area (TPSA) is 102 Å². The third kappa shape index (κ3) is 4.54. The van der Waals surface area contributed by atoms with E-state index in [2.05, 4.69) is 36.5 Å². The van der Waals surface area contributed by atoms with E-state index in [9.17, 15) is 4.79 Å². The summed E-state index contributed by atoms with van der Waals surface area (Å²) < 4.78 is 9.26. The lowest BCUT2D eigenvalue weighted by Crippen LogP contribution is -2.45. The molecule has 1 aliphatic heterocycles. The molecule has 0 unspecified atom stereocenters. The lowest BCUT2D eigenvalue weighted by Gasteiger charge is -2.34. The van der Waals surface area contributed by atoms with Crippen molar-refractivity contribution < 1.29 is 9.53 Å². The number of hydrogen-bond acceptors (Lipinski definition) is 7. The van der Waals surface area contributed by atoms with E-state index < -0.39 is 0 Å². The van der Waals surface area contributed by atoms with Crippen LogP contribution in [0, 0.1) is 5.92 Å². The molecule has 0 atom stereocenters. The Bertz CT molecular complexity index is 1370. The number of piperazine rings is 1. The highest BCUT2D eigenvalue weighted by molar-refractivity contribution is 6.08. The molecule has 0 spiro atoms. The lowest BCUT2D eigenvalue weighted by atomic mass is 9.85. The van der Waals surface area contributed by atoms with E-state index in [1.807, 2.05) is 18.2 Å². The number of fused-ring (bicyclic) bond motifs is 2. The number of anilines is 1. The zero-order valence-corrected chi connectivity index (χ0v) is 20.6. The maximum Gasteiger partial charge on any atom is 0.260 e. The van der Waals surface area contributed by atoms with E-state index in [4.69, 9.17) is 9.84 Å². The second-order valence-corrected chi connectivity index (χ2v) is 9.84. The van der Waals surface area contributed by atoms with E-state index in [0.717, 1.165) is 55.8 Å². The van der Waals surface area contributed by atoms with Crippen LogP contribution in [-0.4, -0.2) is 75.0 Å². The minimum atomic E-state index is -0.276. The number of nitrogens with one attached hydrogen (secondary N) is 2. The Kier molecular flexibility index (Phi) is 6.28. The Hall–Kier alpha value is -3.50. The summed E-state index contributed by atoms with van der Waals surface area (Å²) in [5, 5.41) is 16.4. The predicted molar refractivity (Wildman–Crippen MR) is 138 cm³/mol. The van der Waals surface area contributed by atoms with Crippen LogP contribution < -0.4 is 15.4 Å². The minimum absolute atomic E-state index is 0.276. The van der Waals surface area contributed by atoms with Gasteiger partial charge in [-0.15, -0.1) is 0 Å². The first-order valence-corrected chi connectivity index (χ1v) is 12.8. The highest BCUT2D eigenvalue weighted by atomic mass is 16.5. The van der Waals surface area contributed by atoms with Crippen molar-refractivity contribution in [3.8, 4) is 5.75 Å².